The number of carbonyl (C=O) groups is 1. The number of fused-ring (bicyclic) bond motifs is 1. The number of carbonyl (C=O) groups excluding carboxylic acids is 1. The molecule has 3 aromatic rings. The van der Waals surface area contributed by atoms with Gasteiger partial charge in [0.05, 0.1) is 4.92 Å². The molecule has 0 fully saturated rings. The Bertz CT molecular complexity index is 1090. The minimum absolute atomic E-state index is 0.00596. The molecule has 0 saturated heterocycles. The lowest BCUT2D eigenvalue weighted by atomic mass is 10.1. The molecule has 0 saturated carbocycles. The first-order chi connectivity index (χ1) is 13.4. The van der Waals surface area contributed by atoms with Crippen LogP contribution >= 0.6 is 0 Å². The Balaban J connectivity index is 1.87. The highest BCUT2D eigenvalue weighted by atomic mass is 16.6. The standard InChI is InChI=1S/C20H19N3O5/c1-3-22(4-2)16-10-7-14-11-17(20(25)28-18(14)12-16)21-19(24)13-5-8-15(9-6-13)23(26)27/h5-12H,3-4H2,1-2H3,(H,21,24). The molecule has 0 bridgehead atoms. The summed E-state index contributed by atoms with van der Waals surface area (Å²) in [7, 11) is 0. The Kier molecular flexibility index (Phi) is 5.39. The highest BCUT2D eigenvalue weighted by Crippen LogP contribution is 2.23. The molecule has 1 amide bonds. The molecule has 0 aliphatic heterocycles. The monoisotopic (exact) mass is 381 g/mol. The smallest absolute Gasteiger partial charge is 0.360 e. The van der Waals surface area contributed by atoms with Crippen molar-refractivity contribution in [3.05, 3.63) is 74.6 Å². The number of amides is 1. The molecule has 0 spiro atoms. The zero-order valence-corrected chi connectivity index (χ0v) is 15.5. The molecular formula is C20H19N3O5. The minimum Gasteiger partial charge on any atom is -0.421 e. The van der Waals surface area contributed by atoms with Crippen molar-refractivity contribution in [2.45, 2.75) is 13.8 Å². The van der Waals surface area contributed by atoms with Crippen molar-refractivity contribution >= 4 is 33.9 Å². The van der Waals surface area contributed by atoms with Gasteiger partial charge in [0.15, 0.2) is 0 Å². The van der Waals surface area contributed by atoms with E-state index in [9.17, 15) is 19.7 Å². The fourth-order valence-corrected chi connectivity index (χ4v) is 2.90. The fourth-order valence-electron chi connectivity index (χ4n) is 2.90. The van der Waals surface area contributed by atoms with Gasteiger partial charge in [-0.1, -0.05) is 0 Å². The third-order valence-electron chi connectivity index (χ3n) is 4.44. The van der Waals surface area contributed by atoms with Gasteiger partial charge in [-0.25, -0.2) is 4.79 Å². The summed E-state index contributed by atoms with van der Waals surface area (Å²) in [5.41, 5.74) is 0.796. The second-order valence-corrected chi connectivity index (χ2v) is 6.10. The minimum atomic E-state index is -0.667. The first-order valence-electron chi connectivity index (χ1n) is 8.81. The molecule has 0 unspecified atom stereocenters. The predicted octanol–water partition coefficient (Wildman–Crippen LogP) is 3.80. The van der Waals surface area contributed by atoms with Crippen LogP contribution in [0.1, 0.15) is 24.2 Å². The van der Waals surface area contributed by atoms with Crippen LogP contribution in [0.4, 0.5) is 17.1 Å². The second-order valence-electron chi connectivity index (χ2n) is 6.10. The molecule has 1 aromatic heterocycles. The highest BCUT2D eigenvalue weighted by Gasteiger charge is 2.13. The average molecular weight is 381 g/mol. The van der Waals surface area contributed by atoms with Crippen LogP contribution in [-0.2, 0) is 0 Å². The van der Waals surface area contributed by atoms with Gasteiger partial charge in [0.2, 0.25) is 0 Å². The van der Waals surface area contributed by atoms with Crippen molar-refractivity contribution < 1.29 is 14.1 Å². The van der Waals surface area contributed by atoms with Crippen molar-refractivity contribution in [3.8, 4) is 0 Å². The van der Waals surface area contributed by atoms with E-state index in [1.165, 1.54) is 24.3 Å². The number of hydrogen-bond acceptors (Lipinski definition) is 6. The van der Waals surface area contributed by atoms with Crippen molar-refractivity contribution in [3.63, 3.8) is 0 Å². The van der Waals surface area contributed by atoms with Crippen LogP contribution in [0.5, 0.6) is 0 Å². The quantitative estimate of drug-likeness (QED) is 0.395. The Hall–Kier alpha value is -3.68. The maximum absolute atomic E-state index is 12.3. The third-order valence-corrected chi connectivity index (χ3v) is 4.44. The summed E-state index contributed by atoms with van der Waals surface area (Å²) < 4.78 is 5.37. The molecule has 0 aliphatic carbocycles. The number of nitro groups is 1. The van der Waals surface area contributed by atoms with Crippen molar-refractivity contribution in [2.24, 2.45) is 0 Å². The van der Waals surface area contributed by atoms with Crippen LogP contribution in [0.2, 0.25) is 0 Å². The van der Waals surface area contributed by atoms with Gasteiger partial charge in [-0.3, -0.25) is 14.9 Å². The molecule has 2 aromatic carbocycles. The normalized spacial score (nSPS) is 10.6. The largest absolute Gasteiger partial charge is 0.421 e. The Labute approximate surface area is 160 Å². The van der Waals surface area contributed by atoms with Gasteiger partial charge < -0.3 is 14.6 Å². The third kappa shape index (κ3) is 3.85. The number of non-ortho nitro benzene ring substituents is 1. The molecule has 0 atom stereocenters. The molecule has 144 valence electrons. The Morgan fingerprint density at radius 3 is 2.39 bits per heavy atom. The van der Waals surface area contributed by atoms with Crippen LogP contribution in [0, 0.1) is 10.1 Å². The molecule has 8 nitrogen and oxygen atoms in total. The lowest BCUT2D eigenvalue weighted by Gasteiger charge is -2.21. The molecule has 0 radical (unpaired) electrons. The van der Waals surface area contributed by atoms with E-state index >= 15 is 0 Å². The highest BCUT2D eigenvalue weighted by molar-refractivity contribution is 6.04. The van der Waals surface area contributed by atoms with Gasteiger partial charge in [-0.2, -0.15) is 0 Å². The van der Waals surface area contributed by atoms with E-state index in [0.717, 1.165) is 18.8 Å². The van der Waals surface area contributed by atoms with Gasteiger partial charge in [0.1, 0.15) is 11.3 Å². The van der Waals surface area contributed by atoms with Gasteiger partial charge >= 0.3 is 5.63 Å². The van der Waals surface area contributed by atoms with Crippen LogP contribution in [0.3, 0.4) is 0 Å². The molecular weight excluding hydrogens is 362 g/mol. The molecule has 0 aliphatic rings. The van der Waals surface area contributed by atoms with E-state index in [2.05, 4.69) is 10.2 Å². The maximum atomic E-state index is 12.3. The summed E-state index contributed by atoms with van der Waals surface area (Å²) in [4.78, 5) is 36.9. The summed E-state index contributed by atoms with van der Waals surface area (Å²) in [6.07, 6.45) is 0. The summed E-state index contributed by atoms with van der Waals surface area (Å²) in [5.74, 6) is -0.554. The first-order valence-corrected chi connectivity index (χ1v) is 8.81. The summed E-state index contributed by atoms with van der Waals surface area (Å²) in [6.45, 7) is 5.74. The lowest BCUT2D eigenvalue weighted by molar-refractivity contribution is -0.384. The second kappa shape index (κ2) is 7.91. The van der Waals surface area contributed by atoms with Crippen molar-refractivity contribution in [2.75, 3.05) is 23.3 Å². The van der Waals surface area contributed by atoms with Crippen molar-refractivity contribution in [1.29, 1.82) is 0 Å². The first kappa shape index (κ1) is 19.1. The number of anilines is 2. The van der Waals surface area contributed by atoms with Gasteiger partial charge in [-0.15, -0.1) is 0 Å². The lowest BCUT2D eigenvalue weighted by Crippen LogP contribution is -2.21. The summed E-state index contributed by atoms with van der Waals surface area (Å²) >= 11 is 0. The number of rotatable bonds is 6. The topological polar surface area (TPSA) is 106 Å². The van der Waals surface area contributed by atoms with E-state index < -0.39 is 16.5 Å². The van der Waals surface area contributed by atoms with E-state index in [0.29, 0.717) is 11.0 Å². The van der Waals surface area contributed by atoms with Crippen LogP contribution in [0.25, 0.3) is 11.0 Å². The number of benzene rings is 2. The Morgan fingerprint density at radius 2 is 1.79 bits per heavy atom. The molecule has 3 rings (SSSR count). The maximum Gasteiger partial charge on any atom is 0.360 e. The number of nitrogens with one attached hydrogen (secondary N) is 1. The Morgan fingerprint density at radius 1 is 1.11 bits per heavy atom. The van der Waals surface area contributed by atoms with Gasteiger partial charge in [-0.05, 0) is 44.2 Å². The van der Waals surface area contributed by atoms with E-state index in [1.807, 2.05) is 26.0 Å². The number of hydrogen-bond donors (Lipinski definition) is 1. The summed E-state index contributed by atoms with van der Waals surface area (Å²) in [6, 6.07) is 12.2. The van der Waals surface area contributed by atoms with Gasteiger partial charge in [0.25, 0.3) is 11.6 Å². The zero-order chi connectivity index (χ0) is 20.3. The summed E-state index contributed by atoms with van der Waals surface area (Å²) in [5, 5.41) is 13.9. The fraction of sp³-hybridized carbons (Fsp3) is 0.200. The van der Waals surface area contributed by atoms with Crippen LogP contribution < -0.4 is 15.8 Å². The van der Waals surface area contributed by atoms with E-state index in [4.69, 9.17) is 4.42 Å². The van der Waals surface area contributed by atoms with E-state index in [1.54, 1.807) is 12.1 Å². The SMILES string of the molecule is CCN(CC)c1ccc2cc(NC(=O)c3ccc([N+](=O)[O-])cc3)c(=O)oc2c1. The zero-order valence-electron chi connectivity index (χ0n) is 15.5. The molecule has 1 N–H and O–H groups in total. The predicted molar refractivity (Wildman–Crippen MR) is 107 cm³/mol. The van der Waals surface area contributed by atoms with Crippen LogP contribution in [-0.4, -0.2) is 23.9 Å². The van der Waals surface area contributed by atoms with Gasteiger partial charge in [0, 0.05) is 47.9 Å². The average Bonchev–Trinajstić information content (AvgIpc) is 2.69. The van der Waals surface area contributed by atoms with E-state index in [-0.39, 0.29) is 16.9 Å². The molecule has 1 heterocycles. The van der Waals surface area contributed by atoms with Crippen molar-refractivity contribution in [1.82, 2.24) is 0 Å². The molecule has 8 heteroatoms. The number of nitro benzene ring substituents is 1. The molecule has 28 heavy (non-hydrogen) atoms. The number of nitrogens with zero attached hydrogens (tertiary/aromatic N) is 2. The van der Waals surface area contributed by atoms with Crippen LogP contribution in [0.15, 0.2) is 57.7 Å².